The van der Waals surface area contributed by atoms with Crippen LogP contribution in [0.4, 0.5) is 5.69 Å². The Kier molecular flexibility index (Phi) is 2.31. The highest BCUT2D eigenvalue weighted by atomic mass is 16.5. The van der Waals surface area contributed by atoms with Crippen LogP contribution in [-0.4, -0.2) is 24.5 Å². The zero-order valence-corrected chi connectivity index (χ0v) is 11.2. The van der Waals surface area contributed by atoms with Crippen LogP contribution >= 0.6 is 0 Å². The molecule has 3 aliphatic rings. The van der Waals surface area contributed by atoms with Crippen molar-refractivity contribution >= 4 is 11.5 Å². The second-order valence-electron chi connectivity index (χ2n) is 6.41. The molecule has 2 heterocycles. The van der Waals surface area contributed by atoms with Crippen LogP contribution in [0.2, 0.25) is 0 Å². The number of para-hydroxylation sites is 1. The lowest BCUT2D eigenvalue weighted by Crippen LogP contribution is -2.45. The minimum atomic E-state index is -0.239. The summed E-state index contributed by atoms with van der Waals surface area (Å²) in [5.74, 6) is 1.01. The van der Waals surface area contributed by atoms with Crippen molar-refractivity contribution in [1.29, 1.82) is 0 Å². The lowest BCUT2D eigenvalue weighted by atomic mass is 9.79. The van der Waals surface area contributed by atoms with Crippen molar-refractivity contribution in [3.8, 4) is 0 Å². The quantitative estimate of drug-likeness (QED) is 0.840. The van der Waals surface area contributed by atoms with Crippen molar-refractivity contribution in [3.63, 3.8) is 0 Å². The largest absolute Gasteiger partial charge is 0.378 e. The molecule has 1 aromatic rings. The molecule has 0 radical (unpaired) electrons. The summed E-state index contributed by atoms with van der Waals surface area (Å²) in [5.41, 5.74) is 2.09. The lowest BCUT2D eigenvalue weighted by Gasteiger charge is -2.29. The third kappa shape index (κ3) is 1.64. The van der Waals surface area contributed by atoms with E-state index in [0.29, 0.717) is 24.9 Å². The number of hydrogen-bond donors (Lipinski definition) is 1. The summed E-state index contributed by atoms with van der Waals surface area (Å²) in [5, 5.41) is 3.60. The first-order valence-corrected chi connectivity index (χ1v) is 7.18. The van der Waals surface area contributed by atoms with Crippen LogP contribution in [0, 0.1) is 11.8 Å². The molecular formula is C16H19NO2. The van der Waals surface area contributed by atoms with Gasteiger partial charge in [0.15, 0.2) is 0 Å². The third-order valence-corrected chi connectivity index (χ3v) is 4.91. The van der Waals surface area contributed by atoms with Gasteiger partial charge in [-0.05, 0) is 37.3 Å². The zero-order chi connectivity index (χ0) is 13.0. The van der Waals surface area contributed by atoms with Gasteiger partial charge in [-0.2, -0.15) is 0 Å². The molecule has 0 bridgehead atoms. The highest BCUT2D eigenvalue weighted by Crippen LogP contribution is 2.50. The summed E-state index contributed by atoms with van der Waals surface area (Å²) in [6.45, 7) is 3.31. The fourth-order valence-corrected chi connectivity index (χ4v) is 3.67. The molecule has 0 aromatic heterocycles. The van der Waals surface area contributed by atoms with Crippen LogP contribution in [0.5, 0.6) is 0 Å². The standard InChI is InChI=1S/C16H19NO2/c1-16-9-19-8-12(16)15(18)14(10-6-7-10)11-4-2-3-5-13(11)17-16/h2-5,10,12,14,17H,6-9H2,1H3/t12-,14?,16-/m0/s1. The number of carbonyl (C=O) groups is 1. The van der Waals surface area contributed by atoms with Gasteiger partial charge in [-0.3, -0.25) is 4.79 Å². The minimum Gasteiger partial charge on any atom is -0.378 e. The van der Waals surface area contributed by atoms with Gasteiger partial charge >= 0.3 is 0 Å². The SMILES string of the molecule is C[C@]12COC[C@H]1C(=O)C(C1CC1)c1ccccc1N2. The molecule has 1 N–H and O–H groups in total. The van der Waals surface area contributed by atoms with Crippen molar-refractivity contribution in [2.24, 2.45) is 11.8 Å². The van der Waals surface area contributed by atoms with E-state index in [1.54, 1.807) is 0 Å². The van der Waals surface area contributed by atoms with Crippen molar-refractivity contribution in [1.82, 2.24) is 0 Å². The number of hydrogen-bond acceptors (Lipinski definition) is 3. The molecule has 0 spiro atoms. The van der Waals surface area contributed by atoms with Crippen molar-refractivity contribution in [2.75, 3.05) is 18.5 Å². The van der Waals surface area contributed by atoms with E-state index in [1.807, 2.05) is 12.1 Å². The first kappa shape index (κ1) is 11.5. The van der Waals surface area contributed by atoms with Gasteiger partial charge in [0.1, 0.15) is 5.78 Å². The molecule has 3 heteroatoms. The Balaban J connectivity index is 1.86. The highest BCUT2D eigenvalue weighted by molar-refractivity contribution is 5.93. The minimum absolute atomic E-state index is 0.00880. The van der Waals surface area contributed by atoms with Crippen LogP contribution in [-0.2, 0) is 9.53 Å². The number of rotatable bonds is 1. The predicted molar refractivity (Wildman–Crippen MR) is 73.3 cm³/mol. The molecule has 2 aliphatic heterocycles. The Morgan fingerprint density at radius 1 is 1.32 bits per heavy atom. The van der Waals surface area contributed by atoms with Gasteiger partial charge in [0.05, 0.1) is 24.7 Å². The molecule has 1 aliphatic carbocycles. The van der Waals surface area contributed by atoms with E-state index in [-0.39, 0.29) is 17.4 Å². The Morgan fingerprint density at radius 3 is 2.89 bits per heavy atom. The van der Waals surface area contributed by atoms with Gasteiger partial charge in [-0.25, -0.2) is 0 Å². The Bertz CT molecular complexity index is 537. The van der Waals surface area contributed by atoms with Crippen LogP contribution in [0.25, 0.3) is 0 Å². The van der Waals surface area contributed by atoms with Gasteiger partial charge in [-0.1, -0.05) is 18.2 Å². The molecule has 3 nitrogen and oxygen atoms in total. The van der Waals surface area contributed by atoms with E-state index in [4.69, 9.17) is 4.74 Å². The molecule has 0 amide bonds. The van der Waals surface area contributed by atoms with E-state index < -0.39 is 0 Å². The number of nitrogens with one attached hydrogen (secondary N) is 1. The van der Waals surface area contributed by atoms with Crippen molar-refractivity contribution < 1.29 is 9.53 Å². The topological polar surface area (TPSA) is 38.3 Å². The number of fused-ring (bicyclic) bond motifs is 2. The van der Waals surface area contributed by atoms with E-state index in [2.05, 4.69) is 24.4 Å². The monoisotopic (exact) mass is 257 g/mol. The average Bonchev–Trinajstić information content (AvgIpc) is 3.15. The van der Waals surface area contributed by atoms with Crippen LogP contribution in [0.3, 0.4) is 0 Å². The van der Waals surface area contributed by atoms with E-state index in [0.717, 1.165) is 5.69 Å². The molecule has 1 saturated heterocycles. The molecule has 3 atom stereocenters. The Morgan fingerprint density at radius 2 is 2.11 bits per heavy atom. The number of ether oxygens (including phenoxy) is 1. The molecule has 1 saturated carbocycles. The van der Waals surface area contributed by atoms with Gasteiger partial charge in [0.2, 0.25) is 0 Å². The zero-order valence-electron chi connectivity index (χ0n) is 11.2. The number of anilines is 1. The molecule has 100 valence electrons. The second kappa shape index (κ2) is 3.83. The number of carbonyl (C=O) groups excluding carboxylic acids is 1. The van der Waals surface area contributed by atoms with Crippen molar-refractivity contribution in [2.45, 2.75) is 31.2 Å². The maximum Gasteiger partial charge on any atom is 0.148 e. The number of ketones is 1. The van der Waals surface area contributed by atoms with Gasteiger partial charge < -0.3 is 10.1 Å². The van der Waals surface area contributed by atoms with E-state index >= 15 is 0 Å². The summed E-state index contributed by atoms with van der Waals surface area (Å²) in [4.78, 5) is 13.0. The summed E-state index contributed by atoms with van der Waals surface area (Å²) < 4.78 is 5.60. The van der Waals surface area contributed by atoms with Gasteiger partial charge in [-0.15, -0.1) is 0 Å². The van der Waals surface area contributed by atoms with E-state index in [9.17, 15) is 4.79 Å². The molecule has 2 fully saturated rings. The first-order chi connectivity index (χ1) is 9.19. The fraction of sp³-hybridized carbons (Fsp3) is 0.562. The van der Waals surface area contributed by atoms with Crippen LogP contribution < -0.4 is 5.32 Å². The molecular weight excluding hydrogens is 238 g/mol. The predicted octanol–water partition coefficient (Wildman–Crippen LogP) is 2.58. The Labute approximate surface area is 113 Å². The van der Waals surface area contributed by atoms with Crippen LogP contribution in [0.15, 0.2) is 24.3 Å². The number of Topliss-reactive ketones (excluding diaryl/α,β-unsaturated/α-hetero) is 1. The summed E-state index contributed by atoms with van der Waals surface area (Å²) in [6.07, 6.45) is 2.38. The fourth-order valence-electron chi connectivity index (χ4n) is 3.67. The maximum absolute atomic E-state index is 13.0. The highest BCUT2D eigenvalue weighted by Gasteiger charge is 2.52. The normalized spacial score (nSPS) is 37.2. The molecule has 4 rings (SSSR count). The van der Waals surface area contributed by atoms with Gasteiger partial charge in [0, 0.05) is 11.6 Å². The van der Waals surface area contributed by atoms with E-state index in [1.165, 1.54) is 18.4 Å². The molecule has 1 unspecified atom stereocenters. The second-order valence-corrected chi connectivity index (χ2v) is 6.41. The Hall–Kier alpha value is -1.35. The molecule has 19 heavy (non-hydrogen) atoms. The summed E-state index contributed by atoms with van der Waals surface area (Å²) in [6, 6.07) is 8.31. The van der Waals surface area contributed by atoms with Gasteiger partial charge in [0.25, 0.3) is 0 Å². The average molecular weight is 257 g/mol. The maximum atomic E-state index is 13.0. The first-order valence-electron chi connectivity index (χ1n) is 7.18. The summed E-state index contributed by atoms with van der Waals surface area (Å²) >= 11 is 0. The lowest BCUT2D eigenvalue weighted by molar-refractivity contribution is -0.125. The smallest absolute Gasteiger partial charge is 0.148 e. The van der Waals surface area contributed by atoms with Crippen LogP contribution in [0.1, 0.15) is 31.2 Å². The van der Waals surface area contributed by atoms with Crippen molar-refractivity contribution in [3.05, 3.63) is 29.8 Å². The third-order valence-electron chi connectivity index (χ3n) is 4.91. The number of benzene rings is 1. The summed E-state index contributed by atoms with van der Waals surface area (Å²) in [7, 11) is 0. The molecule has 1 aromatic carbocycles.